The number of amides is 1. The minimum absolute atomic E-state index is 0.0258. The Hall–Kier alpha value is -3.42. The molecule has 1 saturated heterocycles. The number of fused-ring (bicyclic) bond motifs is 2. The first-order chi connectivity index (χ1) is 33.4. The monoisotopic (exact) mass is 1020 g/mol. The third-order valence-corrected chi connectivity index (χ3v) is 16.0. The van der Waals surface area contributed by atoms with Crippen molar-refractivity contribution in [2.24, 2.45) is 29.6 Å². The fourth-order valence-electron chi connectivity index (χ4n) is 9.78. The molecule has 2 heterocycles. The number of ether oxygens (including phenoxy) is 6. The summed E-state index contributed by atoms with van der Waals surface area (Å²) in [5.41, 5.74) is 1.28. The number of sulfone groups is 1. The van der Waals surface area contributed by atoms with E-state index in [2.05, 4.69) is 0 Å². The van der Waals surface area contributed by atoms with Crippen LogP contribution in [0.3, 0.4) is 0 Å². The summed E-state index contributed by atoms with van der Waals surface area (Å²) in [4.78, 5) is 70.9. The van der Waals surface area contributed by atoms with E-state index in [4.69, 9.17) is 28.4 Å². The van der Waals surface area contributed by atoms with Gasteiger partial charge in [0.05, 0.1) is 36.3 Å². The van der Waals surface area contributed by atoms with Gasteiger partial charge in [-0.3, -0.25) is 19.2 Å². The number of rotatable bonds is 12. The van der Waals surface area contributed by atoms with E-state index in [9.17, 15) is 42.6 Å². The second kappa shape index (κ2) is 27.8. The number of carbonyl (C=O) groups excluding carboxylic acids is 5. The molecular weight excluding hydrogens is 935 g/mol. The molecule has 7 unspecified atom stereocenters. The number of hydrogen-bond donors (Lipinski definition) is 2. The maximum atomic E-state index is 14.1. The number of Topliss-reactive ketones (excluding diaryl/α,β-unsaturated/α-hetero) is 3. The van der Waals surface area contributed by atoms with Gasteiger partial charge in [-0.15, -0.1) is 0 Å². The smallest absolute Gasteiger partial charge is 0.328 e. The quantitative estimate of drug-likeness (QED) is 0.0937. The molecule has 2 N–H and O–H groups in total. The molecule has 2 aliphatic carbocycles. The van der Waals surface area contributed by atoms with Gasteiger partial charge in [0.25, 0.3) is 11.7 Å². The summed E-state index contributed by atoms with van der Waals surface area (Å²) in [5.74, 6) is -8.45. The van der Waals surface area contributed by atoms with Crippen LogP contribution in [0.2, 0.25) is 0 Å². The number of esters is 1. The van der Waals surface area contributed by atoms with Crippen molar-refractivity contribution in [3.63, 3.8) is 0 Å². The van der Waals surface area contributed by atoms with Gasteiger partial charge < -0.3 is 43.5 Å². The van der Waals surface area contributed by atoms with Crippen LogP contribution in [0.15, 0.2) is 47.6 Å². The summed E-state index contributed by atoms with van der Waals surface area (Å²) in [7, 11) is 1.13. The molecule has 14 atom stereocenters. The first-order valence-electron chi connectivity index (χ1n) is 25.8. The molecule has 0 aromatic heterocycles. The first-order valence-corrected chi connectivity index (χ1v) is 27.8. The van der Waals surface area contributed by atoms with Crippen molar-refractivity contribution in [2.75, 3.05) is 39.9 Å². The summed E-state index contributed by atoms with van der Waals surface area (Å²) in [6, 6.07) is -1.31. The van der Waals surface area contributed by atoms with E-state index in [-0.39, 0.29) is 66.6 Å². The van der Waals surface area contributed by atoms with Gasteiger partial charge in [-0.2, -0.15) is 0 Å². The molecule has 17 heteroatoms. The van der Waals surface area contributed by atoms with E-state index >= 15 is 0 Å². The van der Waals surface area contributed by atoms with Crippen LogP contribution in [0.25, 0.3) is 0 Å². The third kappa shape index (κ3) is 17.9. The van der Waals surface area contributed by atoms with Crippen LogP contribution >= 0.6 is 0 Å². The number of aliphatic hydroxyl groups excluding tert-OH is 1. The van der Waals surface area contributed by atoms with Gasteiger partial charge in [-0.25, -0.2) is 13.2 Å². The van der Waals surface area contributed by atoms with Crippen molar-refractivity contribution < 1.29 is 71.0 Å². The Morgan fingerprint density at radius 2 is 1.59 bits per heavy atom. The number of aliphatic hydroxyl groups is 2. The van der Waals surface area contributed by atoms with Crippen LogP contribution in [0, 0.1) is 29.6 Å². The molecule has 1 amide bonds. The Balaban J connectivity index is 1.62. The molecule has 0 radical (unpaired) electrons. The van der Waals surface area contributed by atoms with Gasteiger partial charge in [0.2, 0.25) is 5.79 Å². The zero-order valence-electron chi connectivity index (χ0n) is 44.2. The Labute approximate surface area is 423 Å². The van der Waals surface area contributed by atoms with Crippen molar-refractivity contribution in [1.82, 2.24) is 4.90 Å². The minimum Gasteiger partial charge on any atom is -0.460 e. The fraction of sp³-hybridized carbons (Fsp3) is 0.759. The Morgan fingerprint density at radius 1 is 0.887 bits per heavy atom. The Kier molecular flexibility index (Phi) is 23.5. The largest absolute Gasteiger partial charge is 0.460 e. The van der Waals surface area contributed by atoms with Crippen LogP contribution in [0.5, 0.6) is 0 Å². The molecule has 0 spiro atoms. The number of ketones is 3. The topological polar surface area (TPSA) is 219 Å². The molecule has 71 heavy (non-hydrogen) atoms. The molecule has 4 rings (SSSR count). The van der Waals surface area contributed by atoms with Crippen molar-refractivity contribution in [3.8, 4) is 0 Å². The van der Waals surface area contributed by atoms with E-state index in [0.717, 1.165) is 29.7 Å². The lowest BCUT2D eigenvalue weighted by Crippen LogP contribution is -2.59. The number of methoxy groups -OCH3 is 2. The van der Waals surface area contributed by atoms with E-state index in [1.807, 2.05) is 44.2 Å². The van der Waals surface area contributed by atoms with E-state index in [1.54, 1.807) is 40.9 Å². The third-order valence-electron chi connectivity index (χ3n) is 15.0. The number of cyclic esters (lactones) is 1. The molecule has 16 nitrogen and oxygen atoms in total. The second-order valence-electron chi connectivity index (χ2n) is 21.0. The van der Waals surface area contributed by atoms with Crippen LogP contribution in [-0.2, 0) is 62.2 Å². The summed E-state index contributed by atoms with van der Waals surface area (Å²) in [6.07, 6.45) is 14.4. The zero-order valence-corrected chi connectivity index (χ0v) is 45.0. The lowest BCUT2D eigenvalue weighted by molar-refractivity contribution is -0.266. The van der Waals surface area contributed by atoms with Gasteiger partial charge in [-0.1, -0.05) is 64.2 Å². The number of hydrogen-bond acceptors (Lipinski definition) is 15. The Morgan fingerprint density at radius 3 is 2.24 bits per heavy atom. The lowest BCUT2D eigenvalue weighted by Gasteiger charge is -2.41. The van der Waals surface area contributed by atoms with Crippen LogP contribution in [-0.4, -0.2) is 153 Å². The van der Waals surface area contributed by atoms with E-state index in [1.165, 1.54) is 27.3 Å². The SMILES string of the molecule is COC1C(=O)C(C)CC/C=C/C=C/C=C(\C)C(OC2CC2)C[C@H]2CC[C@H](C)[C@](O)(O2)C(=O)C(=O)N(C)C(C)C(=O)OC([C@H](C)C[C@@H]2CC[C@@H](OCCCS(C)(=O)=O)[C@H](OC)C2)CC(=O)C(C)/C=C(\C)C1O. The average molecular weight is 1020 g/mol. The number of allylic oxidation sites excluding steroid dienone is 6. The maximum absolute atomic E-state index is 14.1. The number of nitrogens with zero attached hydrogens (tertiary/aromatic N) is 1. The lowest BCUT2D eigenvalue weighted by atomic mass is 9.78. The molecule has 2 bridgehead atoms. The molecule has 2 aliphatic heterocycles. The highest BCUT2D eigenvalue weighted by atomic mass is 32.2. The molecule has 2 saturated carbocycles. The number of carbonyl (C=O) groups is 5. The van der Waals surface area contributed by atoms with Crippen molar-refractivity contribution in [2.45, 2.75) is 193 Å². The van der Waals surface area contributed by atoms with Gasteiger partial charge in [-0.05, 0) is 114 Å². The summed E-state index contributed by atoms with van der Waals surface area (Å²) < 4.78 is 59.5. The Bertz CT molecular complexity index is 2040. The predicted octanol–water partition coefficient (Wildman–Crippen LogP) is 6.39. The first kappa shape index (κ1) is 60.1. The molecule has 0 aromatic rings. The van der Waals surface area contributed by atoms with Crippen molar-refractivity contribution in [1.29, 1.82) is 0 Å². The van der Waals surface area contributed by atoms with Gasteiger partial charge in [0.1, 0.15) is 40.0 Å². The molecule has 0 aromatic carbocycles. The molecule has 4 aliphatic rings. The summed E-state index contributed by atoms with van der Waals surface area (Å²) in [5, 5.41) is 23.3. The van der Waals surface area contributed by atoms with Gasteiger partial charge in [0.15, 0.2) is 5.78 Å². The van der Waals surface area contributed by atoms with E-state index in [0.29, 0.717) is 63.4 Å². The van der Waals surface area contributed by atoms with Crippen LogP contribution < -0.4 is 0 Å². The zero-order chi connectivity index (χ0) is 52.8. The summed E-state index contributed by atoms with van der Waals surface area (Å²) >= 11 is 0. The number of likely N-dealkylation sites (N-methyl/N-ethyl adjacent to an activating group) is 1. The second-order valence-corrected chi connectivity index (χ2v) is 23.3. The standard InChI is InChI=1S/C54H85NO15S/c1-33-18-15-13-12-14-16-19-34(2)48(57)50(66-10)49(58)37(5)28-35(3)43(56)32-46(36(4)29-40-21-25-44(47(30-40)65-9)67-26-17-27-71(11,63)64)69-53(61)39(7)55(8)52(60)51(59)54(62)38(6)20-22-42(70-54)31-45(33)68-41-23-24-41/h12-15,18,28,34-36,38-42,44-47,49-50,58,62H,16-17,19-27,29-32H2,1-11H3/b14-12+,15-13+,33-18+,37-28+/t34?,35?,36-,38+,39?,40+,42-,44-,45?,46?,47-,49?,50?,54+/m1/s1. The highest BCUT2D eigenvalue weighted by Gasteiger charge is 2.52. The normalized spacial score (nSPS) is 37.3. The van der Waals surface area contributed by atoms with Crippen LogP contribution in [0.4, 0.5) is 0 Å². The summed E-state index contributed by atoms with van der Waals surface area (Å²) in [6.45, 7) is 12.3. The molecule has 3 fully saturated rings. The minimum atomic E-state index is -3.12. The van der Waals surface area contributed by atoms with Crippen molar-refractivity contribution in [3.05, 3.63) is 47.6 Å². The fourth-order valence-corrected chi connectivity index (χ4v) is 10.4. The highest BCUT2D eigenvalue weighted by Crippen LogP contribution is 2.38. The highest BCUT2D eigenvalue weighted by molar-refractivity contribution is 7.90. The van der Waals surface area contributed by atoms with Crippen molar-refractivity contribution >= 4 is 39.1 Å². The van der Waals surface area contributed by atoms with E-state index < -0.39 is 81.5 Å². The molecule has 402 valence electrons. The van der Waals surface area contributed by atoms with Gasteiger partial charge >= 0.3 is 5.97 Å². The maximum Gasteiger partial charge on any atom is 0.328 e. The molecular formula is C54H85NO15S. The average Bonchev–Trinajstić information content (AvgIpc) is 4.15. The van der Waals surface area contributed by atoms with Crippen LogP contribution in [0.1, 0.15) is 132 Å². The predicted molar refractivity (Wildman–Crippen MR) is 269 cm³/mol. The van der Waals surface area contributed by atoms with Gasteiger partial charge in [0, 0.05) is 64.7 Å².